The fourth-order valence-corrected chi connectivity index (χ4v) is 5.45. The molecule has 1 aliphatic carbocycles. The van der Waals surface area contributed by atoms with E-state index in [1.165, 1.54) is 12.1 Å². The van der Waals surface area contributed by atoms with Crippen LogP contribution in [0, 0.1) is 29.2 Å². The Kier molecular flexibility index (Phi) is 9.07. The number of amides is 3. The number of carbonyl (C=O) groups excluding carboxylic acids is 3. The third-order valence-electron chi connectivity index (χ3n) is 6.08. The summed E-state index contributed by atoms with van der Waals surface area (Å²) in [5, 5.41) is 5.04. The lowest BCUT2D eigenvalue weighted by Crippen LogP contribution is -2.30. The van der Waals surface area contributed by atoms with Crippen molar-refractivity contribution >= 4 is 92.8 Å². The van der Waals surface area contributed by atoms with Crippen LogP contribution in [0.3, 0.4) is 0 Å². The Morgan fingerprint density at radius 2 is 1.40 bits per heavy atom. The average Bonchev–Trinajstić information content (AvgIpc) is 3.49. The minimum atomic E-state index is -5.43. The SMILES string of the molecule is O=C(Nc1c(F)ccc(NC(=O)C(F)(F)F)c1F)c1cc(NC(=O)[C@H]2[C@H](c3cc(Cl)c(Cl)c(Cl)c3)C2(Cl)Cl)cc(F)c1F. The maximum Gasteiger partial charge on any atom is 0.471 e. The van der Waals surface area contributed by atoms with Gasteiger partial charge in [-0.15, -0.1) is 23.2 Å². The first-order chi connectivity index (χ1) is 19.8. The molecule has 0 radical (unpaired) electrons. The second-order valence-corrected chi connectivity index (χ2v) is 11.6. The molecule has 0 bridgehead atoms. The summed E-state index contributed by atoms with van der Waals surface area (Å²) in [6.45, 7) is 0. The van der Waals surface area contributed by atoms with Gasteiger partial charge in [0.2, 0.25) is 5.91 Å². The van der Waals surface area contributed by atoms with Crippen LogP contribution >= 0.6 is 58.0 Å². The lowest BCUT2D eigenvalue weighted by atomic mass is 10.1. The van der Waals surface area contributed by atoms with Gasteiger partial charge in [0.05, 0.1) is 32.2 Å². The molecule has 3 aromatic carbocycles. The third-order valence-corrected chi connectivity index (χ3v) is 8.21. The highest BCUT2D eigenvalue weighted by Crippen LogP contribution is 2.65. The van der Waals surface area contributed by atoms with Gasteiger partial charge in [0.1, 0.15) is 15.8 Å². The van der Waals surface area contributed by atoms with Gasteiger partial charge < -0.3 is 16.0 Å². The van der Waals surface area contributed by atoms with Crippen molar-refractivity contribution in [1.29, 1.82) is 0 Å². The Labute approximate surface area is 261 Å². The summed E-state index contributed by atoms with van der Waals surface area (Å²) in [7, 11) is 0. The number of anilines is 3. The van der Waals surface area contributed by atoms with Gasteiger partial charge in [-0.1, -0.05) is 34.8 Å². The Bertz CT molecular complexity index is 1660. The van der Waals surface area contributed by atoms with E-state index in [9.17, 15) is 45.1 Å². The minimum absolute atomic E-state index is 0.0358. The van der Waals surface area contributed by atoms with Crippen molar-refractivity contribution in [3.05, 3.63) is 85.9 Å². The van der Waals surface area contributed by atoms with Crippen LogP contribution in [0.4, 0.5) is 47.8 Å². The predicted molar refractivity (Wildman–Crippen MR) is 146 cm³/mol. The van der Waals surface area contributed by atoms with Gasteiger partial charge in [0.15, 0.2) is 17.5 Å². The van der Waals surface area contributed by atoms with E-state index in [1.54, 1.807) is 5.32 Å². The molecule has 228 valence electrons. The largest absolute Gasteiger partial charge is 0.471 e. The molecular formula is C25H11Cl5F7N3O3. The van der Waals surface area contributed by atoms with Crippen molar-refractivity contribution in [3.8, 4) is 0 Å². The van der Waals surface area contributed by atoms with Crippen molar-refractivity contribution in [3.63, 3.8) is 0 Å². The maximum absolute atomic E-state index is 14.7. The first-order valence-corrected chi connectivity index (χ1v) is 13.2. The second kappa shape index (κ2) is 11.8. The summed E-state index contributed by atoms with van der Waals surface area (Å²) in [6.07, 6.45) is -5.43. The summed E-state index contributed by atoms with van der Waals surface area (Å²) in [6, 6.07) is 4.66. The first kappa shape index (κ1) is 32.9. The Morgan fingerprint density at radius 1 is 0.791 bits per heavy atom. The molecule has 3 aromatic rings. The van der Waals surface area contributed by atoms with E-state index < -0.39 is 86.0 Å². The molecule has 0 saturated heterocycles. The van der Waals surface area contributed by atoms with Crippen molar-refractivity contribution in [2.75, 3.05) is 16.0 Å². The van der Waals surface area contributed by atoms with Crippen LogP contribution in [0.25, 0.3) is 0 Å². The lowest BCUT2D eigenvalue weighted by Gasteiger charge is -2.14. The van der Waals surface area contributed by atoms with Gasteiger partial charge in [0, 0.05) is 17.7 Å². The molecule has 0 spiro atoms. The second-order valence-electron chi connectivity index (χ2n) is 8.93. The summed E-state index contributed by atoms with van der Waals surface area (Å²) in [4.78, 5) is 36.8. The highest BCUT2D eigenvalue weighted by atomic mass is 35.5. The van der Waals surface area contributed by atoms with Crippen molar-refractivity contribution in [1.82, 2.24) is 0 Å². The quantitative estimate of drug-likeness (QED) is 0.136. The van der Waals surface area contributed by atoms with Gasteiger partial charge in [-0.3, -0.25) is 14.4 Å². The van der Waals surface area contributed by atoms with E-state index in [0.29, 0.717) is 29.8 Å². The highest BCUT2D eigenvalue weighted by Gasteiger charge is 2.67. The van der Waals surface area contributed by atoms with Gasteiger partial charge in [0.25, 0.3) is 5.91 Å². The van der Waals surface area contributed by atoms with Crippen LogP contribution in [-0.2, 0) is 9.59 Å². The molecule has 4 rings (SSSR count). The number of halogens is 12. The van der Waals surface area contributed by atoms with E-state index in [2.05, 4.69) is 5.32 Å². The monoisotopic (exact) mass is 709 g/mol. The molecule has 0 unspecified atom stereocenters. The zero-order chi connectivity index (χ0) is 32.2. The lowest BCUT2D eigenvalue weighted by molar-refractivity contribution is -0.167. The van der Waals surface area contributed by atoms with Crippen LogP contribution in [0.1, 0.15) is 21.8 Å². The summed E-state index contributed by atoms with van der Waals surface area (Å²) in [5.41, 5.74) is -3.94. The van der Waals surface area contributed by atoms with Crippen LogP contribution in [0.5, 0.6) is 0 Å². The van der Waals surface area contributed by atoms with Gasteiger partial charge in [-0.2, -0.15) is 13.2 Å². The fraction of sp³-hybridized carbons (Fsp3) is 0.160. The summed E-state index contributed by atoms with van der Waals surface area (Å²) >= 11 is 30.5. The predicted octanol–water partition coefficient (Wildman–Crippen LogP) is 8.48. The zero-order valence-corrected chi connectivity index (χ0v) is 24.2. The van der Waals surface area contributed by atoms with Gasteiger partial charge in [-0.05, 0) is 35.9 Å². The molecule has 0 heterocycles. The zero-order valence-electron chi connectivity index (χ0n) is 20.4. The van der Waals surface area contributed by atoms with Gasteiger partial charge >= 0.3 is 12.1 Å². The molecule has 2 atom stereocenters. The molecule has 0 aliphatic heterocycles. The van der Waals surface area contributed by atoms with E-state index in [1.807, 2.05) is 0 Å². The van der Waals surface area contributed by atoms with E-state index >= 15 is 0 Å². The number of hydrogen-bond acceptors (Lipinski definition) is 3. The standard InChI is InChI=1S/C25H11Cl5F7N3O3/c26-10-3-7(4-11(27)17(10)28)15-16(24(15,29)30)22(42)38-8-5-9(18(33)13(32)6-8)21(41)40-20-12(31)1-2-14(19(20)34)39-23(43)25(35,36)37/h1-6,15-16H,(H,38,42)(H,39,43)(H,40,41)/t15-,16+/m0/s1. The van der Waals surface area contributed by atoms with Crippen molar-refractivity contribution in [2.45, 2.75) is 16.4 Å². The van der Waals surface area contributed by atoms with Crippen molar-refractivity contribution in [2.24, 2.45) is 5.92 Å². The molecule has 3 N–H and O–H groups in total. The number of carbonyl (C=O) groups is 3. The van der Waals surface area contributed by atoms with Crippen LogP contribution < -0.4 is 16.0 Å². The Balaban J connectivity index is 1.57. The smallest absolute Gasteiger partial charge is 0.326 e. The normalized spacial score (nSPS) is 17.3. The number of hydrogen-bond donors (Lipinski definition) is 3. The highest BCUT2D eigenvalue weighted by molar-refractivity contribution is 6.54. The molecule has 43 heavy (non-hydrogen) atoms. The van der Waals surface area contributed by atoms with Crippen LogP contribution in [0.2, 0.25) is 15.1 Å². The molecular weight excluding hydrogens is 701 g/mol. The summed E-state index contributed by atoms with van der Waals surface area (Å²) in [5.74, 6) is -14.2. The Hall–Kier alpha value is -2.97. The summed E-state index contributed by atoms with van der Waals surface area (Å²) < 4.78 is 93.8. The number of benzene rings is 3. The van der Waals surface area contributed by atoms with Crippen molar-refractivity contribution < 1.29 is 45.1 Å². The number of alkyl halides is 5. The average molecular weight is 712 g/mol. The third kappa shape index (κ3) is 6.60. The maximum atomic E-state index is 14.7. The number of rotatable bonds is 6. The first-order valence-electron chi connectivity index (χ1n) is 11.3. The molecule has 1 fully saturated rings. The number of nitrogens with one attached hydrogen (secondary N) is 3. The van der Waals surface area contributed by atoms with Crippen LogP contribution in [0.15, 0.2) is 36.4 Å². The van der Waals surface area contributed by atoms with E-state index in [0.717, 1.165) is 5.32 Å². The minimum Gasteiger partial charge on any atom is -0.326 e. The molecule has 0 aromatic heterocycles. The van der Waals surface area contributed by atoms with Crippen LogP contribution in [-0.4, -0.2) is 28.2 Å². The fourth-order valence-electron chi connectivity index (χ4n) is 4.01. The molecule has 1 aliphatic rings. The molecule has 6 nitrogen and oxygen atoms in total. The molecule has 3 amide bonds. The molecule has 1 saturated carbocycles. The van der Waals surface area contributed by atoms with E-state index in [4.69, 9.17) is 58.0 Å². The van der Waals surface area contributed by atoms with E-state index in [-0.39, 0.29) is 15.1 Å². The molecule has 18 heteroatoms. The topological polar surface area (TPSA) is 87.3 Å². The Morgan fingerprint density at radius 3 is 1.98 bits per heavy atom. The van der Waals surface area contributed by atoms with Gasteiger partial charge in [-0.25, -0.2) is 17.6 Å².